The van der Waals surface area contributed by atoms with Crippen molar-refractivity contribution in [3.05, 3.63) is 59.2 Å². The van der Waals surface area contributed by atoms with E-state index >= 15 is 0 Å². The first-order valence-electron chi connectivity index (χ1n) is 8.33. The molecule has 0 aliphatic heterocycles. The zero-order valence-corrected chi connectivity index (χ0v) is 16.4. The second-order valence-corrected chi connectivity index (χ2v) is 6.82. The highest BCUT2D eigenvalue weighted by Gasteiger charge is 2.15. The molecule has 134 valence electrons. The zero-order valence-electron chi connectivity index (χ0n) is 15.6. The van der Waals surface area contributed by atoms with Gasteiger partial charge in [0.25, 0.3) is 0 Å². The van der Waals surface area contributed by atoms with Gasteiger partial charge in [-0.15, -0.1) is 0 Å². The highest BCUT2D eigenvalue weighted by atomic mass is 32.1. The van der Waals surface area contributed by atoms with Gasteiger partial charge in [-0.25, -0.2) is 0 Å². The van der Waals surface area contributed by atoms with Crippen LogP contribution in [0.15, 0.2) is 42.5 Å². The summed E-state index contributed by atoms with van der Waals surface area (Å²) >= 11 is 5.48. The first kappa shape index (κ1) is 19.2. The largest absolute Gasteiger partial charge is 0.497 e. The molecule has 0 heterocycles. The van der Waals surface area contributed by atoms with E-state index in [1.807, 2.05) is 12.1 Å². The molecule has 4 nitrogen and oxygen atoms in total. The summed E-state index contributed by atoms with van der Waals surface area (Å²) in [6, 6.07) is 14.6. The van der Waals surface area contributed by atoms with E-state index in [0.29, 0.717) is 11.7 Å². The lowest BCUT2D eigenvalue weighted by molar-refractivity contribution is 0.298. The van der Waals surface area contributed by atoms with Crippen LogP contribution in [0.3, 0.4) is 0 Å². The molecule has 0 bridgehead atoms. The fourth-order valence-corrected chi connectivity index (χ4v) is 2.87. The van der Waals surface area contributed by atoms with Gasteiger partial charge >= 0.3 is 0 Å². The predicted octanol–water partition coefficient (Wildman–Crippen LogP) is 3.90. The number of likely N-dealkylation sites (N-methyl/N-ethyl adjacent to an activating group) is 1. The van der Waals surface area contributed by atoms with Gasteiger partial charge in [-0.3, -0.25) is 0 Å². The molecule has 0 fully saturated rings. The van der Waals surface area contributed by atoms with E-state index in [4.69, 9.17) is 17.0 Å². The van der Waals surface area contributed by atoms with Gasteiger partial charge in [0.1, 0.15) is 5.75 Å². The quantitative estimate of drug-likeness (QED) is 0.767. The standard InChI is InChI=1S/C20H27N3OS/c1-14-9-10-15(2)18(11-14)22-20(25)21-13-19(23(3)4)16-7-6-8-17(12-16)24-5/h6-12,19H,13H2,1-5H3,(H2,21,22,25)/t19-/m0/s1. The lowest BCUT2D eigenvalue weighted by Gasteiger charge is -2.26. The minimum atomic E-state index is 0.188. The number of hydrogen-bond donors (Lipinski definition) is 2. The minimum absolute atomic E-state index is 0.188. The second-order valence-electron chi connectivity index (χ2n) is 6.41. The first-order valence-corrected chi connectivity index (χ1v) is 8.74. The van der Waals surface area contributed by atoms with Gasteiger partial charge < -0.3 is 20.3 Å². The van der Waals surface area contributed by atoms with Crippen molar-refractivity contribution in [2.45, 2.75) is 19.9 Å². The number of hydrogen-bond acceptors (Lipinski definition) is 3. The number of rotatable bonds is 6. The molecule has 2 aromatic carbocycles. The Kier molecular flexibility index (Phi) is 6.79. The van der Waals surface area contributed by atoms with E-state index in [9.17, 15) is 0 Å². The van der Waals surface area contributed by atoms with Crippen LogP contribution in [0.2, 0.25) is 0 Å². The fourth-order valence-electron chi connectivity index (χ4n) is 2.67. The molecule has 2 aromatic rings. The average Bonchev–Trinajstić information content (AvgIpc) is 2.58. The second kappa shape index (κ2) is 8.83. The number of anilines is 1. The lowest BCUT2D eigenvalue weighted by atomic mass is 10.1. The zero-order chi connectivity index (χ0) is 18.4. The molecule has 0 unspecified atom stereocenters. The van der Waals surface area contributed by atoms with Crippen LogP contribution in [0, 0.1) is 13.8 Å². The summed E-state index contributed by atoms with van der Waals surface area (Å²) in [5.74, 6) is 0.862. The topological polar surface area (TPSA) is 36.5 Å². The monoisotopic (exact) mass is 357 g/mol. The SMILES string of the molecule is COc1cccc([C@H](CNC(=S)Nc2cc(C)ccc2C)N(C)C)c1. The van der Waals surface area contributed by atoms with Crippen LogP contribution in [-0.2, 0) is 0 Å². The van der Waals surface area contributed by atoms with Crippen molar-refractivity contribution in [2.24, 2.45) is 0 Å². The molecule has 1 atom stereocenters. The number of ether oxygens (including phenoxy) is 1. The van der Waals surface area contributed by atoms with Gasteiger partial charge in [0, 0.05) is 12.2 Å². The summed E-state index contributed by atoms with van der Waals surface area (Å²) in [5.41, 5.74) is 4.61. The maximum Gasteiger partial charge on any atom is 0.170 e. The first-order chi connectivity index (χ1) is 11.9. The molecular formula is C20H27N3OS. The van der Waals surface area contributed by atoms with Crippen LogP contribution in [-0.4, -0.2) is 37.8 Å². The highest BCUT2D eigenvalue weighted by Crippen LogP contribution is 2.22. The maximum absolute atomic E-state index is 5.48. The molecule has 0 aromatic heterocycles. The molecule has 0 saturated heterocycles. The molecule has 0 aliphatic rings. The Balaban J connectivity index is 2.03. The van der Waals surface area contributed by atoms with E-state index < -0.39 is 0 Å². The summed E-state index contributed by atoms with van der Waals surface area (Å²) in [7, 11) is 5.81. The lowest BCUT2D eigenvalue weighted by Crippen LogP contribution is -2.36. The average molecular weight is 358 g/mol. The number of benzene rings is 2. The fraction of sp³-hybridized carbons (Fsp3) is 0.350. The third kappa shape index (κ3) is 5.44. The van der Waals surface area contributed by atoms with Crippen molar-refractivity contribution in [2.75, 3.05) is 33.1 Å². The number of methoxy groups -OCH3 is 1. The van der Waals surface area contributed by atoms with Crippen LogP contribution in [0.4, 0.5) is 5.69 Å². The number of nitrogens with zero attached hydrogens (tertiary/aromatic N) is 1. The van der Waals surface area contributed by atoms with Crippen LogP contribution < -0.4 is 15.4 Å². The summed E-state index contributed by atoms with van der Waals surface area (Å²) < 4.78 is 5.34. The smallest absolute Gasteiger partial charge is 0.170 e. The highest BCUT2D eigenvalue weighted by molar-refractivity contribution is 7.80. The van der Waals surface area contributed by atoms with Gasteiger partial charge in [-0.1, -0.05) is 24.3 Å². The van der Waals surface area contributed by atoms with Gasteiger partial charge in [0.05, 0.1) is 13.2 Å². The van der Waals surface area contributed by atoms with E-state index in [-0.39, 0.29) is 6.04 Å². The van der Waals surface area contributed by atoms with Crippen LogP contribution in [0.5, 0.6) is 5.75 Å². The molecule has 0 spiro atoms. The van der Waals surface area contributed by atoms with E-state index in [2.05, 4.69) is 73.8 Å². The molecule has 0 aliphatic carbocycles. The molecule has 25 heavy (non-hydrogen) atoms. The van der Waals surface area contributed by atoms with Crippen molar-refractivity contribution in [1.82, 2.24) is 10.2 Å². The number of nitrogens with one attached hydrogen (secondary N) is 2. The van der Waals surface area contributed by atoms with Crippen LogP contribution in [0.1, 0.15) is 22.7 Å². The summed E-state index contributed by atoms with van der Waals surface area (Å²) in [5, 5.41) is 7.26. The third-order valence-corrected chi connectivity index (χ3v) is 4.45. The third-order valence-electron chi connectivity index (χ3n) is 4.20. The molecule has 0 saturated carbocycles. The van der Waals surface area contributed by atoms with Crippen molar-refractivity contribution >= 4 is 23.0 Å². The summed E-state index contributed by atoms with van der Waals surface area (Å²) in [6.07, 6.45) is 0. The Morgan fingerprint density at radius 1 is 1.16 bits per heavy atom. The Hall–Kier alpha value is -2.11. The molecule has 0 radical (unpaired) electrons. The van der Waals surface area contributed by atoms with Crippen LogP contribution >= 0.6 is 12.2 Å². The number of aryl methyl sites for hydroxylation is 2. The Morgan fingerprint density at radius 3 is 2.60 bits per heavy atom. The summed E-state index contributed by atoms with van der Waals surface area (Å²) in [4.78, 5) is 2.17. The molecular weight excluding hydrogens is 330 g/mol. The summed E-state index contributed by atoms with van der Waals surface area (Å²) in [6.45, 7) is 4.85. The predicted molar refractivity (Wildman–Crippen MR) is 110 cm³/mol. The van der Waals surface area contributed by atoms with Gasteiger partial charge in [0.2, 0.25) is 0 Å². The van der Waals surface area contributed by atoms with Gasteiger partial charge in [-0.2, -0.15) is 0 Å². The van der Waals surface area contributed by atoms with Crippen molar-refractivity contribution in [1.29, 1.82) is 0 Å². The molecule has 0 amide bonds. The van der Waals surface area contributed by atoms with Crippen molar-refractivity contribution < 1.29 is 4.74 Å². The Labute approximate surface area is 156 Å². The van der Waals surface area contributed by atoms with E-state index in [0.717, 1.165) is 11.4 Å². The Morgan fingerprint density at radius 2 is 1.92 bits per heavy atom. The normalized spacial score (nSPS) is 11.9. The van der Waals surface area contributed by atoms with Gasteiger partial charge in [0.15, 0.2) is 5.11 Å². The van der Waals surface area contributed by atoms with Crippen LogP contribution in [0.25, 0.3) is 0 Å². The molecule has 2 rings (SSSR count). The van der Waals surface area contributed by atoms with E-state index in [1.54, 1.807) is 7.11 Å². The van der Waals surface area contributed by atoms with Gasteiger partial charge in [-0.05, 0) is 75.1 Å². The maximum atomic E-state index is 5.48. The van der Waals surface area contributed by atoms with Crippen molar-refractivity contribution in [3.63, 3.8) is 0 Å². The Bertz CT molecular complexity index is 731. The minimum Gasteiger partial charge on any atom is -0.497 e. The number of thiocarbonyl (C=S) groups is 1. The molecule has 2 N–H and O–H groups in total. The van der Waals surface area contributed by atoms with E-state index in [1.165, 1.54) is 16.7 Å². The molecule has 5 heteroatoms. The van der Waals surface area contributed by atoms with Crippen molar-refractivity contribution in [3.8, 4) is 5.75 Å².